The monoisotopic (exact) mass is 474 g/mol. The van der Waals surface area contributed by atoms with Crippen LogP contribution in [0.2, 0.25) is 0 Å². The minimum atomic E-state index is -0.599. The van der Waals surface area contributed by atoms with E-state index in [1.165, 1.54) is 18.1 Å². The fraction of sp³-hybridized carbons (Fsp3) is 0.214. The van der Waals surface area contributed by atoms with Crippen molar-refractivity contribution in [2.45, 2.75) is 27.7 Å². The molecule has 0 saturated heterocycles. The number of hydrogen-bond acceptors (Lipinski definition) is 4. The second-order valence-corrected chi connectivity index (χ2v) is 8.19. The zero-order valence-electron chi connectivity index (χ0n) is 20.4. The molecule has 35 heavy (non-hydrogen) atoms. The molecule has 180 valence electrons. The van der Waals surface area contributed by atoms with E-state index in [0.29, 0.717) is 35.0 Å². The van der Waals surface area contributed by atoms with Gasteiger partial charge in [0.2, 0.25) is 0 Å². The molecule has 0 radical (unpaired) electrons. The number of amides is 1. The summed E-state index contributed by atoms with van der Waals surface area (Å²) in [6.45, 7) is 7.86. The number of ether oxygens (including phenoxy) is 2. The van der Waals surface area contributed by atoms with Crippen molar-refractivity contribution in [2.24, 2.45) is 0 Å². The zero-order valence-corrected chi connectivity index (χ0v) is 20.4. The number of esters is 1. The number of aromatic nitrogens is 1. The molecular weight excluding hydrogens is 447 g/mol. The molecule has 1 aromatic heterocycles. The SMILES string of the molecule is CCOc1ccc(N2C(=O)/C(=C\c3cc(C)n(-c4ccccc4F)c3C)C(C(=O)OC)=C2C)cc1. The molecule has 0 bridgehead atoms. The van der Waals surface area contributed by atoms with Crippen LogP contribution in [0.15, 0.2) is 71.4 Å². The molecule has 0 aliphatic carbocycles. The van der Waals surface area contributed by atoms with Crippen molar-refractivity contribution >= 4 is 23.6 Å². The molecule has 0 fully saturated rings. The molecule has 1 amide bonds. The van der Waals surface area contributed by atoms with Gasteiger partial charge in [0.15, 0.2) is 0 Å². The van der Waals surface area contributed by atoms with Crippen molar-refractivity contribution in [3.63, 3.8) is 0 Å². The second-order valence-electron chi connectivity index (χ2n) is 8.19. The standard InChI is InChI=1S/C28H27FN2O4/c1-6-35-22-13-11-21(12-14-22)31-19(4)26(28(33)34-5)23(27(31)32)16-20-15-17(2)30(18(20)3)25-10-8-7-9-24(25)29/h7-16H,6H2,1-5H3/b23-16-. The van der Waals surface area contributed by atoms with Crippen molar-refractivity contribution in [2.75, 3.05) is 18.6 Å². The number of allylic oxidation sites excluding steroid dienone is 1. The van der Waals surface area contributed by atoms with Gasteiger partial charge in [-0.1, -0.05) is 12.1 Å². The van der Waals surface area contributed by atoms with Crippen molar-refractivity contribution < 1.29 is 23.5 Å². The first-order valence-electron chi connectivity index (χ1n) is 11.3. The first-order valence-corrected chi connectivity index (χ1v) is 11.3. The number of nitrogens with zero attached hydrogens (tertiary/aromatic N) is 2. The van der Waals surface area contributed by atoms with Gasteiger partial charge < -0.3 is 14.0 Å². The number of carbonyl (C=O) groups excluding carboxylic acids is 2. The van der Waals surface area contributed by atoms with E-state index >= 15 is 0 Å². The van der Waals surface area contributed by atoms with Gasteiger partial charge in [-0.3, -0.25) is 9.69 Å². The lowest BCUT2D eigenvalue weighted by Crippen LogP contribution is -2.24. The van der Waals surface area contributed by atoms with Gasteiger partial charge in [0.25, 0.3) is 5.91 Å². The maximum Gasteiger partial charge on any atom is 0.340 e. The molecule has 6 nitrogen and oxygen atoms in total. The summed E-state index contributed by atoms with van der Waals surface area (Å²) in [5, 5.41) is 0. The third-order valence-corrected chi connectivity index (χ3v) is 6.06. The number of benzene rings is 2. The topological polar surface area (TPSA) is 60.8 Å². The Labute approximate surface area is 203 Å². The fourth-order valence-electron chi connectivity index (χ4n) is 4.44. The molecule has 0 unspecified atom stereocenters. The van der Waals surface area contributed by atoms with Gasteiger partial charge >= 0.3 is 5.97 Å². The third-order valence-electron chi connectivity index (χ3n) is 6.06. The van der Waals surface area contributed by atoms with E-state index in [0.717, 1.165) is 11.4 Å². The molecule has 2 heterocycles. The lowest BCUT2D eigenvalue weighted by Gasteiger charge is -2.18. The Kier molecular flexibility index (Phi) is 6.60. The maximum atomic E-state index is 14.5. The molecule has 1 aliphatic heterocycles. The van der Waals surface area contributed by atoms with Crippen LogP contribution in [-0.2, 0) is 14.3 Å². The van der Waals surface area contributed by atoms with Gasteiger partial charge in [-0.05, 0) is 81.8 Å². The Morgan fingerprint density at radius 1 is 1.06 bits per heavy atom. The predicted octanol–water partition coefficient (Wildman–Crippen LogP) is 5.51. The van der Waals surface area contributed by atoms with Gasteiger partial charge in [0, 0.05) is 22.8 Å². The summed E-state index contributed by atoms with van der Waals surface area (Å²) >= 11 is 0. The number of halogens is 1. The zero-order chi connectivity index (χ0) is 25.3. The Hall–Kier alpha value is -4.13. The largest absolute Gasteiger partial charge is 0.494 e. The quantitative estimate of drug-likeness (QED) is 0.349. The van der Waals surface area contributed by atoms with Crippen molar-refractivity contribution in [3.8, 4) is 11.4 Å². The Morgan fingerprint density at radius 3 is 2.37 bits per heavy atom. The molecule has 4 rings (SSSR count). The molecule has 3 aromatic rings. The predicted molar refractivity (Wildman–Crippen MR) is 133 cm³/mol. The average molecular weight is 475 g/mol. The Bertz CT molecular complexity index is 1370. The molecule has 0 saturated carbocycles. The highest BCUT2D eigenvalue weighted by atomic mass is 19.1. The lowest BCUT2D eigenvalue weighted by molar-refractivity contribution is -0.136. The number of para-hydroxylation sites is 1. The van der Waals surface area contributed by atoms with Gasteiger partial charge in [-0.15, -0.1) is 0 Å². The van der Waals surface area contributed by atoms with Crippen LogP contribution in [0.25, 0.3) is 11.8 Å². The van der Waals surface area contributed by atoms with Gasteiger partial charge in [-0.25, -0.2) is 9.18 Å². The van der Waals surface area contributed by atoms with Crippen molar-refractivity contribution in [1.29, 1.82) is 0 Å². The molecule has 2 aromatic carbocycles. The van der Waals surface area contributed by atoms with E-state index in [9.17, 15) is 14.0 Å². The van der Waals surface area contributed by atoms with Crippen LogP contribution in [-0.4, -0.2) is 30.2 Å². The highest BCUT2D eigenvalue weighted by molar-refractivity contribution is 6.23. The van der Waals surface area contributed by atoms with E-state index in [2.05, 4.69) is 0 Å². The van der Waals surface area contributed by atoms with Crippen molar-refractivity contribution in [3.05, 3.63) is 94.2 Å². The molecule has 0 atom stereocenters. The number of aryl methyl sites for hydroxylation is 1. The summed E-state index contributed by atoms with van der Waals surface area (Å²) < 4.78 is 26.8. The van der Waals surface area contributed by atoms with Crippen LogP contribution in [0.5, 0.6) is 5.75 Å². The number of rotatable bonds is 6. The summed E-state index contributed by atoms with van der Waals surface area (Å²) in [7, 11) is 1.29. The third kappa shape index (κ3) is 4.25. The maximum absolute atomic E-state index is 14.5. The van der Waals surface area contributed by atoms with Crippen LogP contribution in [0.4, 0.5) is 10.1 Å². The molecule has 0 N–H and O–H groups in total. The van der Waals surface area contributed by atoms with E-state index < -0.39 is 5.97 Å². The van der Waals surface area contributed by atoms with Crippen LogP contribution in [0.3, 0.4) is 0 Å². The van der Waals surface area contributed by atoms with E-state index in [-0.39, 0.29) is 22.9 Å². The summed E-state index contributed by atoms with van der Waals surface area (Å²) in [4.78, 5) is 27.8. The molecule has 0 spiro atoms. The molecule has 1 aliphatic rings. The first kappa shape index (κ1) is 24.0. The molecule has 7 heteroatoms. The average Bonchev–Trinajstić information content (AvgIpc) is 3.26. The summed E-state index contributed by atoms with van der Waals surface area (Å²) in [5.74, 6) is -0.603. The summed E-state index contributed by atoms with van der Waals surface area (Å²) in [6, 6.07) is 15.5. The molecular formula is C28H27FN2O4. The minimum absolute atomic E-state index is 0.196. The van der Waals surface area contributed by atoms with Crippen LogP contribution < -0.4 is 9.64 Å². The van der Waals surface area contributed by atoms with Crippen LogP contribution in [0.1, 0.15) is 30.8 Å². The van der Waals surface area contributed by atoms with E-state index in [4.69, 9.17) is 9.47 Å². The first-order chi connectivity index (χ1) is 16.8. The van der Waals surface area contributed by atoms with Crippen LogP contribution >= 0.6 is 0 Å². The number of anilines is 1. The minimum Gasteiger partial charge on any atom is -0.494 e. The van der Waals surface area contributed by atoms with Gasteiger partial charge in [0.1, 0.15) is 11.6 Å². The van der Waals surface area contributed by atoms with E-state index in [1.807, 2.05) is 26.8 Å². The lowest BCUT2D eigenvalue weighted by atomic mass is 10.0. The number of methoxy groups -OCH3 is 1. The van der Waals surface area contributed by atoms with Gasteiger partial charge in [0.05, 0.1) is 30.6 Å². The Morgan fingerprint density at radius 2 is 1.74 bits per heavy atom. The Balaban J connectivity index is 1.81. The fourth-order valence-corrected chi connectivity index (χ4v) is 4.44. The smallest absolute Gasteiger partial charge is 0.340 e. The summed E-state index contributed by atoms with van der Waals surface area (Å²) in [6.07, 6.45) is 1.67. The van der Waals surface area contributed by atoms with Crippen molar-refractivity contribution in [1.82, 2.24) is 4.57 Å². The van der Waals surface area contributed by atoms with E-state index in [1.54, 1.807) is 60.0 Å². The normalized spacial score (nSPS) is 14.7. The number of hydrogen-bond donors (Lipinski definition) is 0. The highest BCUT2D eigenvalue weighted by Gasteiger charge is 2.38. The van der Waals surface area contributed by atoms with Gasteiger partial charge in [-0.2, -0.15) is 0 Å². The number of carbonyl (C=O) groups is 2. The highest BCUT2D eigenvalue weighted by Crippen LogP contribution is 2.37. The summed E-state index contributed by atoms with van der Waals surface area (Å²) in [5.41, 5.74) is 4.16. The second kappa shape index (κ2) is 9.62. The van der Waals surface area contributed by atoms with Crippen LogP contribution in [0, 0.1) is 19.7 Å².